The number of carbonyl (C=O) groups is 1. The normalized spacial score (nSPS) is 11.0. The van der Waals surface area contributed by atoms with Gasteiger partial charge in [0.25, 0.3) is 21.7 Å². The van der Waals surface area contributed by atoms with Gasteiger partial charge in [0.1, 0.15) is 5.75 Å². The zero-order chi connectivity index (χ0) is 23.8. The average Bonchev–Trinajstić information content (AvgIpc) is 2.79. The number of ether oxygens (including phenoxy) is 1. The van der Waals surface area contributed by atoms with Gasteiger partial charge in [-0.1, -0.05) is 17.8 Å². The molecule has 3 rings (SSSR count). The number of sulfonamides is 1. The van der Waals surface area contributed by atoms with E-state index in [1.807, 2.05) is 6.07 Å². The predicted molar refractivity (Wildman–Crippen MR) is 121 cm³/mol. The van der Waals surface area contributed by atoms with E-state index in [1.165, 1.54) is 48.5 Å². The van der Waals surface area contributed by atoms with Crippen LogP contribution in [0.3, 0.4) is 0 Å². The van der Waals surface area contributed by atoms with Gasteiger partial charge in [0.2, 0.25) is 0 Å². The summed E-state index contributed by atoms with van der Waals surface area (Å²) in [5, 5.41) is 11.3. The highest BCUT2D eigenvalue weighted by molar-refractivity contribution is 7.99. The summed E-state index contributed by atoms with van der Waals surface area (Å²) in [6.45, 7) is -0.315. The Bertz CT molecular complexity index is 1260. The van der Waals surface area contributed by atoms with E-state index in [0.29, 0.717) is 28.0 Å². The van der Waals surface area contributed by atoms with Crippen molar-refractivity contribution in [3.8, 4) is 11.8 Å². The molecule has 0 spiro atoms. The maximum atomic E-state index is 12.7. The van der Waals surface area contributed by atoms with E-state index in [4.69, 9.17) is 10.00 Å². The van der Waals surface area contributed by atoms with Crippen molar-refractivity contribution in [3.63, 3.8) is 0 Å². The van der Waals surface area contributed by atoms with E-state index in [2.05, 4.69) is 10.0 Å². The molecule has 1 amide bonds. The minimum atomic E-state index is -3.98. The van der Waals surface area contributed by atoms with Gasteiger partial charge in [0, 0.05) is 16.3 Å². The molecule has 0 aliphatic heterocycles. The predicted octanol–water partition coefficient (Wildman–Crippen LogP) is 4.69. The van der Waals surface area contributed by atoms with Gasteiger partial charge in [0.15, 0.2) is 6.61 Å². The molecule has 3 aromatic rings. The van der Waals surface area contributed by atoms with Crippen LogP contribution in [-0.4, -0.2) is 26.7 Å². The van der Waals surface area contributed by atoms with Crippen LogP contribution in [0.1, 0.15) is 5.56 Å². The molecular weight excluding hydrogens is 472 g/mol. The summed E-state index contributed by atoms with van der Waals surface area (Å²) >= 11 is 0.359. The zero-order valence-electron chi connectivity index (χ0n) is 16.9. The van der Waals surface area contributed by atoms with E-state index in [9.17, 15) is 22.0 Å². The smallest absolute Gasteiger partial charge is 0.288 e. The van der Waals surface area contributed by atoms with E-state index in [0.717, 1.165) is 0 Å². The third-order valence-electron chi connectivity index (χ3n) is 4.11. The number of amides is 1. The van der Waals surface area contributed by atoms with Gasteiger partial charge in [-0.15, -0.1) is 0 Å². The largest absolute Gasteiger partial charge is 0.484 e. The quantitative estimate of drug-likeness (QED) is 0.422. The highest BCUT2D eigenvalue weighted by atomic mass is 32.2. The van der Waals surface area contributed by atoms with Crippen LogP contribution in [0.4, 0.5) is 20.2 Å². The molecule has 0 radical (unpaired) electrons. The molecule has 170 valence electrons. The van der Waals surface area contributed by atoms with Crippen LogP contribution in [-0.2, 0) is 14.8 Å². The second-order valence-electron chi connectivity index (χ2n) is 6.51. The number of nitrogens with zero attached hydrogens (tertiary/aromatic N) is 1. The lowest BCUT2D eigenvalue weighted by Crippen LogP contribution is -2.20. The maximum absolute atomic E-state index is 12.7. The highest BCUT2D eigenvalue weighted by Crippen LogP contribution is 2.27. The average molecular weight is 490 g/mol. The van der Waals surface area contributed by atoms with Gasteiger partial charge in [-0.3, -0.25) is 9.52 Å². The number of nitriles is 1. The molecule has 0 saturated carbocycles. The summed E-state index contributed by atoms with van der Waals surface area (Å²) < 4.78 is 57.9. The Morgan fingerprint density at radius 1 is 1.03 bits per heavy atom. The number of thioether (sulfide) groups is 1. The molecule has 0 aromatic heterocycles. The molecule has 0 heterocycles. The van der Waals surface area contributed by atoms with Gasteiger partial charge in [0.05, 0.1) is 16.5 Å². The first-order chi connectivity index (χ1) is 15.7. The summed E-state index contributed by atoms with van der Waals surface area (Å²) in [7, 11) is -3.98. The molecule has 7 nitrogen and oxygen atoms in total. The molecule has 3 aromatic carbocycles. The van der Waals surface area contributed by atoms with Crippen LogP contribution in [0.5, 0.6) is 5.75 Å². The number of benzene rings is 3. The Hall–Kier alpha value is -3.62. The molecule has 0 saturated heterocycles. The zero-order valence-corrected chi connectivity index (χ0v) is 18.5. The first kappa shape index (κ1) is 24.0. The third-order valence-corrected chi connectivity index (χ3v) is 6.21. The number of hydrogen-bond acceptors (Lipinski definition) is 6. The molecule has 33 heavy (non-hydrogen) atoms. The van der Waals surface area contributed by atoms with Crippen molar-refractivity contribution >= 4 is 39.1 Å². The summed E-state index contributed by atoms with van der Waals surface area (Å²) in [5.41, 5.74) is 0.912. The monoisotopic (exact) mass is 489 g/mol. The van der Waals surface area contributed by atoms with Gasteiger partial charge >= 0.3 is 0 Å². The molecule has 2 N–H and O–H groups in total. The molecule has 0 unspecified atom stereocenters. The van der Waals surface area contributed by atoms with E-state index < -0.39 is 21.7 Å². The second-order valence-corrected chi connectivity index (χ2v) is 9.26. The summed E-state index contributed by atoms with van der Waals surface area (Å²) in [4.78, 5) is 12.4. The Labute approximate surface area is 193 Å². The van der Waals surface area contributed by atoms with E-state index >= 15 is 0 Å². The first-order valence-electron chi connectivity index (χ1n) is 9.36. The Morgan fingerprint density at radius 2 is 1.73 bits per heavy atom. The highest BCUT2D eigenvalue weighted by Gasteiger charge is 2.16. The molecular formula is C22H17F2N3O4S2. The SMILES string of the molecule is N#Cc1ccc(OCC(=O)Nc2cccc(S(=O)(=O)Nc3ccc(SC(F)F)cc3)c2)cc1. The van der Waals surface area contributed by atoms with Gasteiger partial charge in [-0.05, 0) is 66.7 Å². The Morgan fingerprint density at radius 3 is 2.36 bits per heavy atom. The van der Waals surface area contributed by atoms with Crippen molar-refractivity contribution in [2.24, 2.45) is 0 Å². The lowest BCUT2D eigenvalue weighted by Gasteiger charge is -2.11. The summed E-state index contributed by atoms with van der Waals surface area (Å²) in [5.74, 6) is -2.67. The van der Waals surface area contributed by atoms with Gasteiger partial charge in [-0.25, -0.2) is 8.42 Å². The topological polar surface area (TPSA) is 108 Å². The number of carbonyl (C=O) groups excluding carboxylic acids is 1. The number of alkyl halides is 2. The fourth-order valence-corrected chi connectivity index (χ4v) is 4.23. The lowest BCUT2D eigenvalue weighted by molar-refractivity contribution is -0.118. The van der Waals surface area contributed by atoms with Crippen LogP contribution in [0.15, 0.2) is 82.6 Å². The van der Waals surface area contributed by atoms with Crippen molar-refractivity contribution in [2.75, 3.05) is 16.6 Å². The standard InChI is InChI=1S/C22H17F2N3O4S2/c23-22(24)32-19-10-6-16(7-11-19)27-33(29,30)20-3-1-2-17(12-20)26-21(28)14-31-18-8-4-15(13-25)5-9-18/h1-12,22,27H,14H2,(H,26,28). The summed E-state index contributed by atoms with van der Waals surface area (Å²) in [6, 6.07) is 19.4. The van der Waals surface area contributed by atoms with Crippen LogP contribution in [0, 0.1) is 11.3 Å². The first-order valence-corrected chi connectivity index (χ1v) is 11.7. The van der Waals surface area contributed by atoms with Crippen molar-refractivity contribution in [1.29, 1.82) is 5.26 Å². The van der Waals surface area contributed by atoms with Crippen molar-refractivity contribution in [2.45, 2.75) is 15.5 Å². The molecule has 11 heteroatoms. The number of halogens is 2. The van der Waals surface area contributed by atoms with E-state index in [1.54, 1.807) is 24.3 Å². The Balaban J connectivity index is 1.61. The molecule has 0 aliphatic carbocycles. The maximum Gasteiger partial charge on any atom is 0.288 e. The van der Waals surface area contributed by atoms with Crippen LogP contribution in [0.25, 0.3) is 0 Å². The fourth-order valence-electron chi connectivity index (χ4n) is 2.63. The molecule has 0 fully saturated rings. The van der Waals surface area contributed by atoms with Gasteiger partial charge in [-0.2, -0.15) is 14.0 Å². The summed E-state index contributed by atoms with van der Waals surface area (Å²) in [6.07, 6.45) is 0. The Kier molecular flexibility index (Phi) is 7.87. The van der Waals surface area contributed by atoms with Crippen LogP contribution < -0.4 is 14.8 Å². The number of rotatable bonds is 9. The van der Waals surface area contributed by atoms with Crippen LogP contribution in [0.2, 0.25) is 0 Å². The molecule has 0 atom stereocenters. The van der Waals surface area contributed by atoms with Gasteiger partial charge < -0.3 is 10.1 Å². The molecule has 0 bridgehead atoms. The molecule has 0 aliphatic rings. The van der Waals surface area contributed by atoms with Crippen molar-refractivity contribution < 1.29 is 26.7 Å². The second kappa shape index (κ2) is 10.8. The van der Waals surface area contributed by atoms with Crippen molar-refractivity contribution in [3.05, 3.63) is 78.4 Å². The lowest BCUT2D eigenvalue weighted by atomic mass is 10.2. The minimum absolute atomic E-state index is 0.0978. The number of hydrogen-bond donors (Lipinski definition) is 2. The number of nitrogens with one attached hydrogen (secondary N) is 2. The minimum Gasteiger partial charge on any atom is -0.484 e. The van der Waals surface area contributed by atoms with Crippen molar-refractivity contribution in [1.82, 2.24) is 0 Å². The van der Waals surface area contributed by atoms with E-state index in [-0.39, 0.29) is 22.9 Å². The van der Waals surface area contributed by atoms with Crippen LogP contribution >= 0.6 is 11.8 Å². The fraction of sp³-hybridized carbons (Fsp3) is 0.0909. The third kappa shape index (κ3) is 7.20. The number of anilines is 2.